The Bertz CT molecular complexity index is 263. The summed E-state index contributed by atoms with van der Waals surface area (Å²) in [4.78, 5) is 22.6. The lowest BCUT2D eigenvalue weighted by Crippen LogP contribution is -2.48. The van der Waals surface area contributed by atoms with Crippen LogP contribution in [0.1, 0.15) is 0 Å². The van der Waals surface area contributed by atoms with Gasteiger partial charge in [0.25, 0.3) is 11.8 Å². The number of nitrogens with one attached hydrogen (secondary N) is 2. The number of hydrogen-bond acceptors (Lipinski definition) is 4. The second kappa shape index (κ2) is 6.64. The lowest BCUT2D eigenvalue weighted by molar-refractivity contribution is -1.07. The summed E-state index contributed by atoms with van der Waals surface area (Å²) in [6.07, 6.45) is 0. The van der Waals surface area contributed by atoms with Crippen LogP contribution in [0.3, 0.4) is 0 Å². The number of amides is 2. The third-order valence-corrected chi connectivity index (χ3v) is 1.83. The number of rotatable bonds is 7. The van der Waals surface area contributed by atoms with E-state index < -0.39 is 9.29 Å². The van der Waals surface area contributed by atoms with Crippen LogP contribution >= 0.6 is 0 Å². The summed E-state index contributed by atoms with van der Waals surface area (Å²) in [5, 5.41) is 23.8. The van der Waals surface area contributed by atoms with Gasteiger partial charge in [-0.2, -0.15) is 9.29 Å². The Morgan fingerprint density at radius 1 is 0.833 bits per heavy atom. The summed E-state index contributed by atoms with van der Waals surface area (Å²) in [7, 11) is 5.95. The van der Waals surface area contributed by atoms with E-state index in [1.165, 1.54) is 28.2 Å². The first-order valence-corrected chi connectivity index (χ1v) is 5.64. The molecule has 0 atom stereocenters. The van der Waals surface area contributed by atoms with E-state index >= 15 is 0 Å². The van der Waals surface area contributed by atoms with Crippen molar-refractivity contribution in [2.45, 2.75) is 0 Å². The highest BCUT2D eigenvalue weighted by Crippen LogP contribution is 1.88. The van der Waals surface area contributed by atoms with Crippen molar-refractivity contribution in [2.75, 3.05) is 54.4 Å². The molecule has 4 N–H and O–H groups in total. The van der Waals surface area contributed by atoms with Crippen LogP contribution in [-0.4, -0.2) is 85.9 Å². The predicted octanol–water partition coefficient (Wildman–Crippen LogP) is -1.85. The van der Waals surface area contributed by atoms with E-state index in [0.717, 1.165) is 0 Å². The maximum Gasteiger partial charge on any atom is 0.278 e. The zero-order valence-electron chi connectivity index (χ0n) is 11.4. The smallest absolute Gasteiger partial charge is 0.278 e. The fourth-order valence-corrected chi connectivity index (χ4v) is 1.22. The molecule has 8 nitrogen and oxygen atoms in total. The number of quaternary nitrogens is 2. The van der Waals surface area contributed by atoms with Gasteiger partial charge in [-0.1, -0.05) is 0 Å². The fourth-order valence-electron chi connectivity index (χ4n) is 1.22. The van der Waals surface area contributed by atoms with Crippen LogP contribution in [0.2, 0.25) is 0 Å². The van der Waals surface area contributed by atoms with Gasteiger partial charge in [-0.3, -0.25) is 9.59 Å². The first-order chi connectivity index (χ1) is 7.99. The lowest BCUT2D eigenvalue weighted by atomic mass is 10.4. The minimum atomic E-state index is -0.436. The summed E-state index contributed by atoms with van der Waals surface area (Å²) in [6.45, 7) is 0.468. The van der Waals surface area contributed by atoms with E-state index in [4.69, 9.17) is 0 Å². The summed E-state index contributed by atoms with van der Waals surface area (Å²) in [5.41, 5.74) is 0. The highest BCUT2D eigenvalue weighted by Gasteiger charge is 2.18. The molecule has 8 heteroatoms. The summed E-state index contributed by atoms with van der Waals surface area (Å²) < 4.78 is -0.872. The van der Waals surface area contributed by atoms with E-state index in [1.807, 2.05) is 0 Å². The fraction of sp³-hybridized carbons (Fsp3) is 0.800. The van der Waals surface area contributed by atoms with Crippen LogP contribution in [0.15, 0.2) is 0 Å². The molecule has 0 spiro atoms. The van der Waals surface area contributed by atoms with Crippen LogP contribution in [0.5, 0.6) is 0 Å². The van der Waals surface area contributed by atoms with E-state index in [-0.39, 0.29) is 38.0 Å². The van der Waals surface area contributed by atoms with Gasteiger partial charge in [0.15, 0.2) is 13.1 Å². The molecular formula is C10H24N4O4+2. The minimum absolute atomic E-state index is 0.0471. The predicted molar refractivity (Wildman–Crippen MR) is 63.5 cm³/mol. The van der Waals surface area contributed by atoms with Crippen molar-refractivity contribution in [1.29, 1.82) is 0 Å². The molecule has 2 amide bonds. The highest BCUT2D eigenvalue weighted by atomic mass is 16.5. The van der Waals surface area contributed by atoms with Crippen LogP contribution < -0.4 is 10.6 Å². The van der Waals surface area contributed by atoms with Gasteiger partial charge < -0.3 is 10.6 Å². The Hall–Kier alpha value is -1.22. The molecule has 0 aliphatic carbocycles. The molecule has 0 aromatic carbocycles. The van der Waals surface area contributed by atoms with Crippen molar-refractivity contribution in [1.82, 2.24) is 10.6 Å². The normalized spacial score (nSPS) is 12.1. The second-order valence-corrected chi connectivity index (χ2v) is 5.26. The SMILES string of the molecule is C[N+](C)(O)CC(=O)NCCNC(=O)C[N+](C)(C)O. The number of hydrogen-bond donors (Lipinski definition) is 4. The topological polar surface area (TPSA) is 98.7 Å². The van der Waals surface area contributed by atoms with E-state index in [9.17, 15) is 20.0 Å². The Balaban J connectivity index is 3.69. The Morgan fingerprint density at radius 2 is 1.11 bits per heavy atom. The quantitative estimate of drug-likeness (QED) is 0.246. The number of carbonyl (C=O) groups is 2. The number of hydroxylamine groups is 6. The number of likely N-dealkylation sites (N-methyl/N-ethyl adjacent to an activating group) is 2. The van der Waals surface area contributed by atoms with Crippen molar-refractivity contribution >= 4 is 11.8 Å². The zero-order valence-corrected chi connectivity index (χ0v) is 11.4. The van der Waals surface area contributed by atoms with Gasteiger partial charge in [-0.15, -0.1) is 0 Å². The van der Waals surface area contributed by atoms with Crippen LogP contribution in [0, 0.1) is 0 Å². The van der Waals surface area contributed by atoms with Gasteiger partial charge >= 0.3 is 0 Å². The second-order valence-electron chi connectivity index (χ2n) is 5.26. The maximum absolute atomic E-state index is 11.3. The lowest BCUT2D eigenvalue weighted by Gasteiger charge is -2.19. The third-order valence-electron chi connectivity index (χ3n) is 1.83. The molecule has 0 rings (SSSR count). The summed E-state index contributed by atoms with van der Waals surface area (Å²) in [6, 6.07) is 0. The standard InChI is InChI=1S/C10H22N4O4/c1-13(2,17)7-9(15)11-5-6-12-10(16)8-14(3,4)18/h17-18H,5-8H2,1-4H3/p+2. The Morgan fingerprint density at radius 3 is 1.33 bits per heavy atom. The molecule has 0 bridgehead atoms. The molecule has 0 aromatic rings. The molecule has 0 saturated carbocycles. The van der Waals surface area contributed by atoms with Gasteiger partial charge in [0.1, 0.15) is 0 Å². The molecule has 0 radical (unpaired) electrons. The van der Waals surface area contributed by atoms with Crippen LogP contribution in [0.25, 0.3) is 0 Å². The van der Waals surface area contributed by atoms with Gasteiger partial charge in [0.2, 0.25) is 0 Å². The number of nitrogens with zero attached hydrogens (tertiary/aromatic N) is 2. The summed E-state index contributed by atoms with van der Waals surface area (Å²) >= 11 is 0. The molecule has 0 aliphatic heterocycles. The molecule has 0 saturated heterocycles. The van der Waals surface area contributed by atoms with Gasteiger partial charge in [0.05, 0.1) is 28.2 Å². The molecule has 0 fully saturated rings. The van der Waals surface area contributed by atoms with Crippen molar-refractivity contribution in [3.05, 3.63) is 0 Å². The average Bonchev–Trinajstić information content (AvgIpc) is 2.06. The molecule has 0 heterocycles. The van der Waals surface area contributed by atoms with E-state index in [2.05, 4.69) is 10.6 Å². The first-order valence-electron chi connectivity index (χ1n) is 5.64. The van der Waals surface area contributed by atoms with Crippen LogP contribution in [0.4, 0.5) is 0 Å². The minimum Gasteiger partial charge on any atom is -0.349 e. The van der Waals surface area contributed by atoms with Crippen molar-refractivity contribution in [2.24, 2.45) is 0 Å². The van der Waals surface area contributed by atoms with Crippen molar-refractivity contribution < 1.29 is 29.3 Å². The van der Waals surface area contributed by atoms with E-state index in [0.29, 0.717) is 0 Å². The molecule has 106 valence electrons. The van der Waals surface area contributed by atoms with Gasteiger partial charge in [-0.05, 0) is 0 Å². The molecular weight excluding hydrogens is 240 g/mol. The Labute approximate surface area is 107 Å². The third kappa shape index (κ3) is 11.3. The van der Waals surface area contributed by atoms with Gasteiger partial charge in [0, 0.05) is 13.1 Å². The van der Waals surface area contributed by atoms with Crippen LogP contribution in [-0.2, 0) is 9.59 Å². The van der Waals surface area contributed by atoms with E-state index in [1.54, 1.807) is 0 Å². The monoisotopic (exact) mass is 264 g/mol. The molecule has 18 heavy (non-hydrogen) atoms. The highest BCUT2D eigenvalue weighted by molar-refractivity contribution is 5.78. The maximum atomic E-state index is 11.3. The summed E-state index contributed by atoms with van der Waals surface area (Å²) in [5.74, 6) is -0.593. The number of carbonyl (C=O) groups excluding carboxylic acids is 2. The first kappa shape index (κ1) is 16.8. The molecule has 0 aromatic heterocycles. The molecule has 0 aliphatic rings. The van der Waals surface area contributed by atoms with Gasteiger partial charge in [-0.25, -0.2) is 10.4 Å². The molecule has 0 unspecified atom stereocenters. The van der Waals surface area contributed by atoms with Crippen molar-refractivity contribution in [3.63, 3.8) is 0 Å². The van der Waals surface area contributed by atoms with Crippen molar-refractivity contribution in [3.8, 4) is 0 Å². The zero-order chi connectivity index (χ0) is 14.4. The largest absolute Gasteiger partial charge is 0.349 e. The Kier molecular flexibility index (Phi) is 6.19. The average molecular weight is 264 g/mol.